The van der Waals surface area contributed by atoms with Crippen LogP contribution in [-0.4, -0.2) is 35.2 Å². The van der Waals surface area contributed by atoms with E-state index < -0.39 is 0 Å². The summed E-state index contributed by atoms with van der Waals surface area (Å²) in [5, 5.41) is 14.3. The molecule has 3 aromatic carbocycles. The first-order valence-corrected chi connectivity index (χ1v) is 13.2. The third kappa shape index (κ3) is 4.71. The van der Waals surface area contributed by atoms with Gasteiger partial charge >= 0.3 is 0 Å². The highest BCUT2D eigenvalue weighted by atomic mass is 35.5. The highest BCUT2D eigenvalue weighted by Crippen LogP contribution is 2.31. The van der Waals surface area contributed by atoms with Crippen LogP contribution in [0.15, 0.2) is 99.5 Å². The molecule has 188 valence electrons. The topological polar surface area (TPSA) is 72.1 Å². The summed E-state index contributed by atoms with van der Waals surface area (Å²) in [6.07, 6.45) is 3.98. The van der Waals surface area contributed by atoms with E-state index in [9.17, 15) is 4.79 Å². The van der Waals surface area contributed by atoms with Crippen molar-refractivity contribution in [3.05, 3.63) is 111 Å². The van der Waals surface area contributed by atoms with Crippen LogP contribution in [0.3, 0.4) is 0 Å². The average Bonchev–Trinajstić information content (AvgIpc) is 3.62. The molecule has 0 amide bonds. The van der Waals surface area contributed by atoms with Crippen molar-refractivity contribution in [2.75, 3.05) is 18.7 Å². The lowest BCUT2D eigenvalue weighted by Gasteiger charge is -2.13. The van der Waals surface area contributed by atoms with Gasteiger partial charge in [-0.1, -0.05) is 35.9 Å². The van der Waals surface area contributed by atoms with Crippen LogP contribution in [-0.2, 0) is 0 Å². The van der Waals surface area contributed by atoms with E-state index in [4.69, 9.17) is 21.4 Å². The number of anilines is 1. The summed E-state index contributed by atoms with van der Waals surface area (Å²) >= 11 is 7.46. The summed E-state index contributed by atoms with van der Waals surface area (Å²) in [5.41, 5.74) is 5.53. The van der Waals surface area contributed by atoms with E-state index in [1.165, 1.54) is 22.3 Å². The number of halogens is 1. The van der Waals surface area contributed by atoms with Gasteiger partial charge in [-0.3, -0.25) is 9.80 Å². The van der Waals surface area contributed by atoms with Gasteiger partial charge < -0.3 is 4.74 Å². The van der Waals surface area contributed by atoms with Gasteiger partial charge in [0.1, 0.15) is 16.9 Å². The van der Waals surface area contributed by atoms with Crippen LogP contribution in [0.1, 0.15) is 17.5 Å². The van der Waals surface area contributed by atoms with Crippen LogP contribution in [0.5, 0.6) is 5.75 Å². The molecule has 1 aliphatic heterocycles. The van der Waals surface area contributed by atoms with E-state index in [1.807, 2.05) is 83.2 Å². The Labute approximate surface area is 227 Å². The maximum atomic E-state index is 13.2. The number of benzene rings is 3. The van der Waals surface area contributed by atoms with Crippen molar-refractivity contribution in [1.29, 1.82) is 0 Å². The number of rotatable bonds is 6. The lowest BCUT2D eigenvalue weighted by Crippen LogP contribution is -2.16. The fourth-order valence-electron chi connectivity index (χ4n) is 4.34. The van der Waals surface area contributed by atoms with E-state index >= 15 is 0 Å². The Morgan fingerprint density at radius 2 is 1.74 bits per heavy atom. The van der Waals surface area contributed by atoms with Gasteiger partial charge in [-0.15, -0.1) is 11.3 Å². The zero-order chi connectivity index (χ0) is 26.1. The van der Waals surface area contributed by atoms with Crippen LogP contribution >= 0.6 is 22.9 Å². The second-order valence-corrected chi connectivity index (χ2v) is 10.0. The number of hydrogen-bond donors (Lipinski definition) is 0. The maximum Gasteiger partial charge on any atom is 0.283 e. The molecule has 0 spiro atoms. The quantitative estimate of drug-likeness (QED) is 0.238. The van der Waals surface area contributed by atoms with Gasteiger partial charge in [0.05, 0.1) is 30.1 Å². The molecule has 0 atom stereocenters. The Bertz CT molecular complexity index is 1720. The number of hydrazone groups is 1. The summed E-state index contributed by atoms with van der Waals surface area (Å²) in [4.78, 5) is 18.4. The molecule has 3 heterocycles. The van der Waals surface area contributed by atoms with Crippen LogP contribution in [0.4, 0.5) is 5.69 Å². The van der Waals surface area contributed by atoms with Crippen molar-refractivity contribution in [1.82, 2.24) is 9.66 Å². The predicted molar refractivity (Wildman–Crippen MR) is 155 cm³/mol. The Kier molecular flexibility index (Phi) is 6.49. The van der Waals surface area contributed by atoms with Gasteiger partial charge in [-0.05, 0) is 65.2 Å². The number of hydrogen-bond acceptors (Lipinski definition) is 7. The normalized spacial score (nSPS) is 13.4. The lowest BCUT2D eigenvalue weighted by molar-refractivity contribution is 0.415. The van der Waals surface area contributed by atoms with Gasteiger partial charge in [0.2, 0.25) is 0 Å². The van der Waals surface area contributed by atoms with E-state index in [1.54, 1.807) is 13.3 Å². The minimum atomic E-state index is -0.216. The first kappa shape index (κ1) is 24.1. The predicted octanol–water partition coefficient (Wildman–Crippen LogP) is 6.28. The molecule has 0 unspecified atom stereocenters. The van der Waals surface area contributed by atoms with Crippen molar-refractivity contribution >= 4 is 50.8 Å². The molecule has 38 heavy (non-hydrogen) atoms. The fourth-order valence-corrected chi connectivity index (χ4v) is 5.37. The van der Waals surface area contributed by atoms with E-state index in [0.29, 0.717) is 15.2 Å². The monoisotopic (exact) mass is 539 g/mol. The Morgan fingerprint density at radius 3 is 2.47 bits per heavy atom. The van der Waals surface area contributed by atoms with Crippen molar-refractivity contribution < 1.29 is 4.74 Å². The number of ether oxygens (including phenoxy) is 1. The summed E-state index contributed by atoms with van der Waals surface area (Å²) in [6, 6.07) is 23.3. The SMILES string of the molecule is COc1ccc(C2=NN(c3ccc(/C=N\n4cnc5scc(-c6ccc(Cl)cc6)c5c4=O)cc3)CC2)cc1. The summed E-state index contributed by atoms with van der Waals surface area (Å²) in [6.45, 7) is 0.812. The molecule has 0 bridgehead atoms. The van der Waals surface area contributed by atoms with Gasteiger partial charge in [0.15, 0.2) is 0 Å². The van der Waals surface area contributed by atoms with Crippen LogP contribution < -0.4 is 15.3 Å². The fraction of sp³-hybridized carbons (Fsp3) is 0.103. The zero-order valence-electron chi connectivity index (χ0n) is 20.4. The highest BCUT2D eigenvalue weighted by Gasteiger charge is 2.17. The van der Waals surface area contributed by atoms with Gasteiger partial charge in [0, 0.05) is 28.9 Å². The van der Waals surface area contributed by atoms with E-state index in [2.05, 4.69) is 10.1 Å². The summed E-state index contributed by atoms with van der Waals surface area (Å²) in [7, 11) is 1.66. The zero-order valence-corrected chi connectivity index (χ0v) is 22.0. The molecular weight excluding hydrogens is 518 g/mol. The third-order valence-corrected chi connectivity index (χ3v) is 7.52. The molecule has 0 aliphatic carbocycles. The molecule has 1 aliphatic rings. The van der Waals surface area contributed by atoms with Crippen molar-refractivity contribution in [3.63, 3.8) is 0 Å². The number of methoxy groups -OCH3 is 1. The largest absolute Gasteiger partial charge is 0.497 e. The second kappa shape index (κ2) is 10.2. The molecule has 0 radical (unpaired) electrons. The molecule has 9 heteroatoms. The number of nitrogens with zero attached hydrogens (tertiary/aromatic N) is 5. The Balaban J connectivity index is 1.21. The van der Waals surface area contributed by atoms with Crippen molar-refractivity contribution in [2.24, 2.45) is 10.2 Å². The second-order valence-electron chi connectivity index (χ2n) is 8.72. The first-order valence-electron chi connectivity index (χ1n) is 12.0. The average molecular weight is 540 g/mol. The van der Waals surface area contributed by atoms with Gasteiger partial charge in [-0.25, -0.2) is 4.98 Å². The van der Waals surface area contributed by atoms with Gasteiger partial charge in [0.25, 0.3) is 5.56 Å². The van der Waals surface area contributed by atoms with Crippen LogP contribution in [0.2, 0.25) is 5.02 Å². The summed E-state index contributed by atoms with van der Waals surface area (Å²) in [5.74, 6) is 0.830. The number of fused-ring (bicyclic) bond motifs is 1. The first-order chi connectivity index (χ1) is 18.6. The summed E-state index contributed by atoms with van der Waals surface area (Å²) < 4.78 is 6.52. The standard InChI is InChI=1S/C29H22ClN5O2S/c1-37-24-12-6-21(7-13-24)26-14-15-34(33-26)23-10-2-19(3-11-23)16-32-35-18-31-28-27(29(35)36)25(17-38-28)20-4-8-22(30)9-5-20/h2-13,16-18H,14-15H2,1H3/b32-16-. The molecule has 0 fully saturated rings. The molecule has 5 aromatic rings. The lowest BCUT2D eigenvalue weighted by atomic mass is 10.1. The molecular formula is C29H22ClN5O2S. The maximum absolute atomic E-state index is 13.2. The Morgan fingerprint density at radius 1 is 1.00 bits per heavy atom. The molecule has 0 N–H and O–H groups in total. The molecule has 6 rings (SSSR count). The van der Waals surface area contributed by atoms with Crippen molar-refractivity contribution in [2.45, 2.75) is 6.42 Å². The third-order valence-electron chi connectivity index (χ3n) is 6.38. The van der Waals surface area contributed by atoms with Crippen LogP contribution in [0, 0.1) is 0 Å². The van der Waals surface area contributed by atoms with Crippen molar-refractivity contribution in [3.8, 4) is 16.9 Å². The number of aromatic nitrogens is 2. The minimum Gasteiger partial charge on any atom is -0.497 e. The minimum absolute atomic E-state index is 0.216. The van der Waals surface area contributed by atoms with E-state index in [0.717, 1.165) is 52.4 Å². The van der Waals surface area contributed by atoms with Crippen LogP contribution in [0.25, 0.3) is 21.3 Å². The molecule has 0 saturated heterocycles. The molecule has 2 aromatic heterocycles. The smallest absolute Gasteiger partial charge is 0.283 e. The number of thiophene rings is 1. The molecule has 7 nitrogen and oxygen atoms in total. The Hall–Kier alpha value is -4.27. The highest BCUT2D eigenvalue weighted by molar-refractivity contribution is 7.17. The van der Waals surface area contributed by atoms with Gasteiger partial charge in [-0.2, -0.15) is 14.9 Å². The van der Waals surface area contributed by atoms with E-state index in [-0.39, 0.29) is 5.56 Å². The molecule has 0 saturated carbocycles.